The zero-order valence-corrected chi connectivity index (χ0v) is 19.7. The van der Waals surface area contributed by atoms with Crippen LogP contribution in [0, 0.1) is 0 Å². The highest BCUT2D eigenvalue weighted by molar-refractivity contribution is 9.10. The van der Waals surface area contributed by atoms with Gasteiger partial charge < -0.3 is 10.4 Å². The molecule has 8 heteroatoms. The number of carbonyl (C=O) groups is 2. The van der Waals surface area contributed by atoms with Crippen molar-refractivity contribution in [3.05, 3.63) is 52.8 Å². The first kappa shape index (κ1) is 22.4. The summed E-state index contributed by atoms with van der Waals surface area (Å²) < 4.78 is 1.82. The normalized spacial score (nSPS) is 12.7. The maximum atomic E-state index is 12.7. The SMILES string of the molecule is CCc1ccc(-n2c(Br)cnc2SC(C)(C)C(=O)NC(C)C(=O)O)c2ccccc12. The number of fused-ring (bicyclic) bond motifs is 1. The Labute approximate surface area is 188 Å². The number of rotatable bonds is 7. The molecule has 3 aromatic rings. The molecule has 1 heterocycles. The van der Waals surface area contributed by atoms with Crippen molar-refractivity contribution in [2.24, 2.45) is 0 Å². The summed E-state index contributed by atoms with van der Waals surface area (Å²) in [7, 11) is 0. The largest absolute Gasteiger partial charge is 0.480 e. The van der Waals surface area contributed by atoms with Crippen molar-refractivity contribution in [2.45, 2.75) is 50.1 Å². The molecule has 2 N–H and O–H groups in total. The first-order valence-corrected chi connectivity index (χ1v) is 11.2. The van der Waals surface area contributed by atoms with Gasteiger partial charge in [0.05, 0.1) is 16.6 Å². The number of nitrogens with one attached hydrogen (secondary N) is 1. The van der Waals surface area contributed by atoms with Crippen molar-refractivity contribution in [1.29, 1.82) is 0 Å². The molecule has 0 aliphatic heterocycles. The first-order valence-electron chi connectivity index (χ1n) is 9.62. The molecular weight excluding hydrogens is 466 g/mol. The lowest BCUT2D eigenvalue weighted by Crippen LogP contribution is -2.47. The standard InChI is InChI=1S/C22H24BrN3O3S/c1-5-14-10-11-17(16-9-7-6-8-15(14)16)26-18(23)12-24-21(26)30-22(3,4)20(29)25-13(2)19(27)28/h6-13H,5H2,1-4H3,(H,25,29)(H,27,28). The third kappa shape index (κ3) is 4.39. The van der Waals surface area contributed by atoms with Crippen LogP contribution in [0.3, 0.4) is 0 Å². The second kappa shape index (κ2) is 8.81. The molecule has 30 heavy (non-hydrogen) atoms. The maximum Gasteiger partial charge on any atom is 0.325 e. The number of aromatic nitrogens is 2. The summed E-state index contributed by atoms with van der Waals surface area (Å²) >= 11 is 4.87. The van der Waals surface area contributed by atoms with Gasteiger partial charge in [0.1, 0.15) is 10.6 Å². The van der Waals surface area contributed by atoms with Crippen molar-refractivity contribution < 1.29 is 14.7 Å². The highest BCUT2D eigenvalue weighted by Gasteiger charge is 2.33. The molecule has 0 spiro atoms. The number of hydrogen-bond donors (Lipinski definition) is 2. The van der Waals surface area contributed by atoms with E-state index in [1.54, 1.807) is 20.0 Å². The van der Waals surface area contributed by atoms with E-state index in [1.165, 1.54) is 29.6 Å². The number of hydrogen-bond acceptors (Lipinski definition) is 4. The smallest absolute Gasteiger partial charge is 0.325 e. The maximum absolute atomic E-state index is 12.7. The number of carboxylic acids is 1. The number of benzene rings is 2. The van der Waals surface area contributed by atoms with Crippen LogP contribution in [0.25, 0.3) is 16.5 Å². The highest BCUT2D eigenvalue weighted by Crippen LogP contribution is 2.37. The zero-order chi connectivity index (χ0) is 22.1. The van der Waals surface area contributed by atoms with E-state index in [0.29, 0.717) is 5.16 Å². The Kier molecular flexibility index (Phi) is 6.57. The van der Waals surface area contributed by atoms with Crippen molar-refractivity contribution in [3.63, 3.8) is 0 Å². The number of nitrogens with zero attached hydrogens (tertiary/aromatic N) is 2. The minimum Gasteiger partial charge on any atom is -0.480 e. The monoisotopic (exact) mass is 489 g/mol. The van der Waals surface area contributed by atoms with Crippen LogP contribution in [0.4, 0.5) is 0 Å². The van der Waals surface area contributed by atoms with Gasteiger partial charge in [0, 0.05) is 5.39 Å². The molecule has 1 amide bonds. The van der Waals surface area contributed by atoms with Gasteiger partial charge in [0.15, 0.2) is 5.16 Å². The Morgan fingerprint density at radius 1 is 1.23 bits per heavy atom. The van der Waals surface area contributed by atoms with Crippen molar-refractivity contribution in [1.82, 2.24) is 14.9 Å². The average Bonchev–Trinajstić information content (AvgIpc) is 3.06. The first-order chi connectivity index (χ1) is 14.2. The Hall–Kier alpha value is -2.32. The third-order valence-corrected chi connectivity index (χ3v) is 6.64. The fraction of sp³-hybridized carbons (Fsp3) is 0.318. The quantitative estimate of drug-likeness (QED) is 0.465. The zero-order valence-electron chi connectivity index (χ0n) is 17.3. The predicted molar refractivity (Wildman–Crippen MR) is 123 cm³/mol. The lowest BCUT2D eigenvalue weighted by molar-refractivity contribution is -0.141. The average molecular weight is 490 g/mol. The van der Waals surface area contributed by atoms with E-state index in [-0.39, 0.29) is 5.91 Å². The molecule has 158 valence electrons. The van der Waals surface area contributed by atoms with Crippen LogP contribution in [0.5, 0.6) is 0 Å². The summed E-state index contributed by atoms with van der Waals surface area (Å²) in [4.78, 5) is 28.3. The summed E-state index contributed by atoms with van der Waals surface area (Å²) in [6, 6.07) is 11.4. The van der Waals surface area contributed by atoms with E-state index < -0.39 is 16.8 Å². The molecule has 1 aromatic heterocycles. The van der Waals surface area contributed by atoms with Gasteiger partial charge in [-0.15, -0.1) is 0 Å². The van der Waals surface area contributed by atoms with E-state index in [0.717, 1.165) is 22.1 Å². The Morgan fingerprint density at radius 3 is 2.53 bits per heavy atom. The van der Waals surface area contributed by atoms with Crippen LogP contribution in [-0.2, 0) is 16.0 Å². The molecular formula is C22H24BrN3O3S. The molecule has 1 unspecified atom stereocenters. The molecule has 0 saturated carbocycles. The minimum absolute atomic E-state index is 0.362. The molecule has 0 fully saturated rings. The topological polar surface area (TPSA) is 84.2 Å². The predicted octanol–water partition coefficient (Wildman–Crippen LogP) is 4.81. The van der Waals surface area contributed by atoms with E-state index in [9.17, 15) is 9.59 Å². The van der Waals surface area contributed by atoms with Crippen LogP contribution >= 0.6 is 27.7 Å². The highest BCUT2D eigenvalue weighted by atomic mass is 79.9. The molecule has 0 aliphatic rings. The van der Waals surface area contributed by atoms with Crippen molar-refractivity contribution in [3.8, 4) is 5.69 Å². The number of aryl methyl sites for hydroxylation is 1. The van der Waals surface area contributed by atoms with Gasteiger partial charge in [-0.2, -0.15) is 0 Å². The molecule has 0 bridgehead atoms. The number of aliphatic carboxylic acids is 1. The van der Waals surface area contributed by atoms with Gasteiger partial charge in [-0.3, -0.25) is 14.2 Å². The van der Waals surface area contributed by atoms with Gasteiger partial charge in [0.25, 0.3) is 0 Å². The molecule has 0 saturated heterocycles. The van der Waals surface area contributed by atoms with E-state index in [1.807, 2.05) is 16.7 Å². The van der Waals surface area contributed by atoms with Gasteiger partial charge >= 0.3 is 5.97 Å². The molecule has 1 atom stereocenters. The molecule has 2 aromatic carbocycles. The number of halogens is 1. The van der Waals surface area contributed by atoms with Gasteiger partial charge in [0.2, 0.25) is 5.91 Å². The lowest BCUT2D eigenvalue weighted by Gasteiger charge is -2.24. The lowest BCUT2D eigenvalue weighted by atomic mass is 10.0. The van der Waals surface area contributed by atoms with E-state index in [4.69, 9.17) is 5.11 Å². The van der Waals surface area contributed by atoms with Gasteiger partial charge in [-0.1, -0.05) is 49.0 Å². The van der Waals surface area contributed by atoms with E-state index >= 15 is 0 Å². The number of carbonyl (C=O) groups excluding carboxylic acids is 1. The number of amides is 1. The fourth-order valence-electron chi connectivity index (χ4n) is 3.16. The van der Waals surface area contributed by atoms with Crippen LogP contribution in [-0.4, -0.2) is 37.3 Å². The molecule has 3 rings (SSSR count). The third-order valence-electron chi connectivity index (χ3n) is 4.91. The molecule has 6 nitrogen and oxygen atoms in total. The summed E-state index contributed by atoms with van der Waals surface area (Å²) in [5.41, 5.74) is 2.23. The summed E-state index contributed by atoms with van der Waals surface area (Å²) in [6.45, 7) is 7.09. The summed E-state index contributed by atoms with van der Waals surface area (Å²) in [5.74, 6) is -1.44. The van der Waals surface area contributed by atoms with Crippen molar-refractivity contribution in [2.75, 3.05) is 0 Å². The van der Waals surface area contributed by atoms with Crippen LogP contribution < -0.4 is 5.32 Å². The van der Waals surface area contributed by atoms with Crippen LogP contribution in [0.2, 0.25) is 0 Å². The Bertz CT molecular complexity index is 1110. The second-order valence-corrected chi connectivity index (χ2v) is 9.89. The summed E-state index contributed by atoms with van der Waals surface area (Å²) in [6.07, 6.45) is 2.64. The Balaban J connectivity index is 2.02. The van der Waals surface area contributed by atoms with Crippen LogP contribution in [0.1, 0.15) is 33.3 Å². The summed E-state index contributed by atoms with van der Waals surface area (Å²) in [5, 5.41) is 14.5. The Morgan fingerprint density at radius 2 is 1.90 bits per heavy atom. The number of thioether (sulfide) groups is 1. The van der Waals surface area contributed by atoms with Crippen molar-refractivity contribution >= 4 is 50.3 Å². The van der Waals surface area contributed by atoms with Gasteiger partial charge in [-0.25, -0.2) is 4.98 Å². The second-order valence-electron chi connectivity index (χ2n) is 7.49. The fourth-order valence-corrected chi connectivity index (χ4v) is 4.74. The van der Waals surface area contributed by atoms with Crippen LogP contribution in [0.15, 0.2) is 52.4 Å². The minimum atomic E-state index is -1.07. The van der Waals surface area contributed by atoms with E-state index in [2.05, 4.69) is 57.4 Å². The molecule has 0 radical (unpaired) electrons. The number of imidazole rings is 1. The number of carboxylic acid groups (broad SMARTS) is 1. The van der Waals surface area contributed by atoms with Gasteiger partial charge in [-0.05, 0) is 60.1 Å². The molecule has 0 aliphatic carbocycles.